The molecule has 1 aromatic rings. The van der Waals surface area contributed by atoms with Crippen molar-refractivity contribution >= 4 is 22.6 Å². The van der Waals surface area contributed by atoms with Crippen LogP contribution >= 0.6 is 22.6 Å². The molecule has 0 fully saturated rings. The zero-order valence-electron chi connectivity index (χ0n) is 6.79. The maximum atomic E-state index is 9.07. The molecule has 0 heterocycles. The summed E-state index contributed by atoms with van der Waals surface area (Å²) in [5.74, 6) is 0. The molecule has 1 rings (SSSR count). The van der Waals surface area contributed by atoms with Crippen molar-refractivity contribution < 1.29 is 10.2 Å². The number of hydrogen-bond acceptors (Lipinski definition) is 2. The Balaban J connectivity index is 3.20. The van der Waals surface area contributed by atoms with Crippen molar-refractivity contribution in [1.82, 2.24) is 0 Å². The molecule has 0 aromatic heterocycles. The van der Waals surface area contributed by atoms with E-state index in [1.807, 2.05) is 25.1 Å². The Morgan fingerprint density at radius 3 is 2.50 bits per heavy atom. The second-order valence-corrected chi connectivity index (χ2v) is 3.70. The standard InChI is InChI=1S/C9H11IO2/c1-2-6-4-3-5-7(10)8(6)9(11)12/h3-5,9,11-12H,2H2,1H3. The van der Waals surface area contributed by atoms with Crippen LogP contribution in [0.25, 0.3) is 0 Å². The Hall–Kier alpha value is -0.130. The van der Waals surface area contributed by atoms with E-state index in [4.69, 9.17) is 10.2 Å². The third kappa shape index (κ3) is 1.97. The smallest absolute Gasteiger partial charge is 0.179 e. The van der Waals surface area contributed by atoms with Crippen LogP contribution in [0.5, 0.6) is 0 Å². The van der Waals surface area contributed by atoms with Gasteiger partial charge < -0.3 is 10.2 Å². The van der Waals surface area contributed by atoms with E-state index in [1.54, 1.807) is 0 Å². The highest BCUT2D eigenvalue weighted by Crippen LogP contribution is 2.22. The Bertz CT molecular complexity index is 271. The van der Waals surface area contributed by atoms with Crippen LogP contribution in [-0.2, 0) is 6.42 Å². The maximum Gasteiger partial charge on any atom is 0.179 e. The van der Waals surface area contributed by atoms with Crippen molar-refractivity contribution in [1.29, 1.82) is 0 Å². The number of halogens is 1. The lowest BCUT2D eigenvalue weighted by molar-refractivity contribution is -0.0437. The summed E-state index contributed by atoms with van der Waals surface area (Å²) in [6.07, 6.45) is -0.530. The zero-order chi connectivity index (χ0) is 9.14. The quantitative estimate of drug-likeness (QED) is 0.640. The minimum absolute atomic E-state index is 0.639. The van der Waals surface area contributed by atoms with Gasteiger partial charge in [-0.25, -0.2) is 0 Å². The first kappa shape index (κ1) is 9.95. The van der Waals surface area contributed by atoms with Gasteiger partial charge in [0.2, 0.25) is 0 Å². The Labute approximate surface area is 85.4 Å². The maximum absolute atomic E-state index is 9.07. The molecule has 0 amide bonds. The van der Waals surface area contributed by atoms with E-state index in [9.17, 15) is 0 Å². The molecule has 1 aromatic carbocycles. The van der Waals surface area contributed by atoms with Crippen LogP contribution in [0, 0.1) is 3.57 Å². The van der Waals surface area contributed by atoms with E-state index in [-0.39, 0.29) is 0 Å². The van der Waals surface area contributed by atoms with Crippen molar-refractivity contribution in [3.63, 3.8) is 0 Å². The highest BCUT2D eigenvalue weighted by atomic mass is 127. The second kappa shape index (κ2) is 4.20. The summed E-state index contributed by atoms with van der Waals surface area (Å²) in [7, 11) is 0. The van der Waals surface area contributed by atoms with Crippen LogP contribution in [0.15, 0.2) is 18.2 Å². The van der Waals surface area contributed by atoms with E-state index in [0.29, 0.717) is 5.56 Å². The molecular weight excluding hydrogens is 267 g/mol. The summed E-state index contributed by atoms with van der Waals surface area (Å²) in [5, 5.41) is 18.1. The van der Waals surface area contributed by atoms with E-state index in [1.165, 1.54) is 0 Å². The number of rotatable bonds is 2. The van der Waals surface area contributed by atoms with Gasteiger partial charge in [0, 0.05) is 9.13 Å². The first-order valence-corrected chi connectivity index (χ1v) is 4.88. The van der Waals surface area contributed by atoms with Crippen LogP contribution in [-0.4, -0.2) is 10.2 Å². The summed E-state index contributed by atoms with van der Waals surface area (Å²) < 4.78 is 0.905. The molecule has 0 atom stereocenters. The third-order valence-corrected chi connectivity index (χ3v) is 2.72. The van der Waals surface area contributed by atoms with E-state index >= 15 is 0 Å². The van der Waals surface area contributed by atoms with Crippen LogP contribution in [0.2, 0.25) is 0 Å². The lowest BCUT2D eigenvalue weighted by Gasteiger charge is -2.11. The lowest BCUT2D eigenvalue weighted by Crippen LogP contribution is -2.02. The topological polar surface area (TPSA) is 40.5 Å². The first-order chi connectivity index (χ1) is 5.66. The number of aliphatic hydroxyl groups excluding tert-OH is 1. The summed E-state index contributed by atoms with van der Waals surface area (Å²) in [5.41, 5.74) is 1.64. The first-order valence-electron chi connectivity index (χ1n) is 3.80. The van der Waals surface area contributed by atoms with Gasteiger partial charge in [-0.3, -0.25) is 0 Å². The van der Waals surface area contributed by atoms with Crippen LogP contribution in [0.4, 0.5) is 0 Å². The number of benzene rings is 1. The SMILES string of the molecule is CCc1cccc(I)c1C(O)O. The van der Waals surface area contributed by atoms with Gasteiger partial charge in [-0.15, -0.1) is 0 Å². The van der Waals surface area contributed by atoms with Gasteiger partial charge in [0.1, 0.15) is 0 Å². The summed E-state index contributed by atoms with van der Waals surface area (Å²) in [4.78, 5) is 0. The van der Waals surface area contributed by atoms with Crippen LogP contribution < -0.4 is 0 Å². The molecule has 3 heteroatoms. The van der Waals surface area contributed by atoms with Gasteiger partial charge in [-0.1, -0.05) is 19.1 Å². The largest absolute Gasteiger partial charge is 0.364 e. The minimum Gasteiger partial charge on any atom is -0.364 e. The lowest BCUT2D eigenvalue weighted by atomic mass is 10.1. The van der Waals surface area contributed by atoms with Crippen LogP contribution in [0.1, 0.15) is 24.3 Å². The Morgan fingerprint density at radius 1 is 1.42 bits per heavy atom. The fourth-order valence-electron chi connectivity index (χ4n) is 1.18. The molecule has 0 radical (unpaired) electrons. The fourth-order valence-corrected chi connectivity index (χ4v) is 2.01. The molecule has 0 aliphatic heterocycles. The third-order valence-electron chi connectivity index (χ3n) is 1.78. The van der Waals surface area contributed by atoms with Gasteiger partial charge in [-0.05, 0) is 40.6 Å². The van der Waals surface area contributed by atoms with Crippen LogP contribution in [0.3, 0.4) is 0 Å². The molecule has 0 aliphatic carbocycles. The molecule has 0 unspecified atom stereocenters. The van der Waals surface area contributed by atoms with Crippen molar-refractivity contribution in [2.45, 2.75) is 19.6 Å². The summed E-state index contributed by atoms with van der Waals surface area (Å²) in [6, 6.07) is 5.71. The Kier molecular flexibility index (Phi) is 3.49. The molecule has 0 aliphatic rings. The minimum atomic E-state index is -1.35. The molecule has 2 N–H and O–H groups in total. The van der Waals surface area contributed by atoms with E-state index in [2.05, 4.69) is 22.6 Å². The fraction of sp³-hybridized carbons (Fsp3) is 0.333. The van der Waals surface area contributed by atoms with E-state index in [0.717, 1.165) is 15.6 Å². The van der Waals surface area contributed by atoms with E-state index < -0.39 is 6.29 Å². The molecule has 66 valence electrons. The normalized spacial score (nSPS) is 10.8. The monoisotopic (exact) mass is 278 g/mol. The van der Waals surface area contributed by atoms with Crippen molar-refractivity contribution in [3.05, 3.63) is 32.9 Å². The molecule has 0 bridgehead atoms. The molecule has 2 nitrogen and oxygen atoms in total. The highest BCUT2D eigenvalue weighted by Gasteiger charge is 2.10. The predicted molar refractivity (Wildman–Crippen MR) is 55.7 cm³/mol. The number of hydrogen-bond donors (Lipinski definition) is 2. The van der Waals surface area contributed by atoms with Gasteiger partial charge in [-0.2, -0.15) is 0 Å². The second-order valence-electron chi connectivity index (χ2n) is 2.54. The molecular formula is C9H11IO2. The zero-order valence-corrected chi connectivity index (χ0v) is 8.95. The van der Waals surface area contributed by atoms with Crippen molar-refractivity contribution in [3.8, 4) is 0 Å². The highest BCUT2D eigenvalue weighted by molar-refractivity contribution is 14.1. The average Bonchev–Trinajstić information content (AvgIpc) is 2.03. The van der Waals surface area contributed by atoms with Gasteiger partial charge in [0.25, 0.3) is 0 Å². The molecule has 0 spiro atoms. The molecule has 12 heavy (non-hydrogen) atoms. The van der Waals surface area contributed by atoms with Crippen molar-refractivity contribution in [2.75, 3.05) is 0 Å². The van der Waals surface area contributed by atoms with Gasteiger partial charge in [0.15, 0.2) is 6.29 Å². The Morgan fingerprint density at radius 2 is 2.08 bits per heavy atom. The van der Waals surface area contributed by atoms with Crippen molar-refractivity contribution in [2.24, 2.45) is 0 Å². The van der Waals surface area contributed by atoms with Gasteiger partial charge in [0.05, 0.1) is 0 Å². The summed E-state index contributed by atoms with van der Waals surface area (Å²) >= 11 is 2.10. The average molecular weight is 278 g/mol. The molecule has 0 saturated carbocycles. The predicted octanol–water partition coefficient (Wildman–Crippen LogP) is 1.84. The van der Waals surface area contributed by atoms with Gasteiger partial charge >= 0.3 is 0 Å². The molecule has 0 saturated heterocycles. The number of aryl methyl sites for hydroxylation is 1. The summed E-state index contributed by atoms with van der Waals surface area (Å²) in [6.45, 7) is 2.00. The number of aliphatic hydroxyl groups is 2.